The highest BCUT2D eigenvalue weighted by atomic mass is 16.3. The Morgan fingerprint density at radius 3 is 1.83 bits per heavy atom. The number of benzene rings is 1. The summed E-state index contributed by atoms with van der Waals surface area (Å²) in [5.74, 6) is 0.233. The molecular weight excluding hydrogens is 234 g/mol. The molecule has 0 aliphatic rings. The van der Waals surface area contributed by atoms with Gasteiger partial charge in [0.2, 0.25) is 11.9 Å². The van der Waals surface area contributed by atoms with E-state index in [0.29, 0.717) is 16.7 Å². The highest BCUT2D eigenvalue weighted by Gasteiger charge is 2.14. The zero-order valence-electron chi connectivity index (χ0n) is 9.54. The van der Waals surface area contributed by atoms with Crippen LogP contribution < -0.4 is 11.5 Å². The predicted octanol–water partition coefficient (Wildman–Crippen LogP) is -0.312. The second-order valence-electron chi connectivity index (χ2n) is 3.64. The molecule has 1 aromatic heterocycles. The van der Waals surface area contributed by atoms with Gasteiger partial charge in [-0.05, 0) is 11.1 Å². The fraction of sp³-hybridized carbons (Fsp3) is 0.182. The van der Waals surface area contributed by atoms with Gasteiger partial charge in [0.1, 0.15) is 0 Å². The van der Waals surface area contributed by atoms with Crippen LogP contribution in [0.2, 0.25) is 0 Å². The first-order valence-electron chi connectivity index (χ1n) is 5.25. The molecule has 7 nitrogen and oxygen atoms in total. The van der Waals surface area contributed by atoms with E-state index in [0.717, 1.165) is 0 Å². The molecule has 18 heavy (non-hydrogen) atoms. The van der Waals surface area contributed by atoms with Crippen LogP contribution in [0.15, 0.2) is 18.2 Å². The number of nitrogens with two attached hydrogens (primary N) is 2. The van der Waals surface area contributed by atoms with Crippen LogP contribution in [0, 0.1) is 0 Å². The van der Waals surface area contributed by atoms with E-state index in [1.54, 1.807) is 18.2 Å². The Bertz CT molecular complexity index is 531. The van der Waals surface area contributed by atoms with Gasteiger partial charge in [-0.1, -0.05) is 18.2 Å². The van der Waals surface area contributed by atoms with Gasteiger partial charge in [-0.2, -0.15) is 15.0 Å². The lowest BCUT2D eigenvalue weighted by molar-refractivity contribution is 0.276. The smallest absolute Gasteiger partial charge is 0.225 e. The summed E-state index contributed by atoms with van der Waals surface area (Å²) in [5.41, 5.74) is 12.7. The minimum absolute atomic E-state index is 0.00543. The van der Waals surface area contributed by atoms with Crippen LogP contribution in [0.1, 0.15) is 11.1 Å². The van der Waals surface area contributed by atoms with Crippen molar-refractivity contribution in [2.75, 3.05) is 11.5 Å². The molecule has 0 bridgehead atoms. The first-order valence-corrected chi connectivity index (χ1v) is 5.25. The van der Waals surface area contributed by atoms with Crippen molar-refractivity contribution in [3.05, 3.63) is 29.3 Å². The monoisotopic (exact) mass is 247 g/mol. The van der Waals surface area contributed by atoms with Crippen LogP contribution in [-0.2, 0) is 13.2 Å². The Hall–Kier alpha value is -2.25. The van der Waals surface area contributed by atoms with E-state index in [4.69, 9.17) is 11.5 Å². The van der Waals surface area contributed by atoms with Crippen LogP contribution >= 0.6 is 0 Å². The van der Waals surface area contributed by atoms with Gasteiger partial charge in [0.15, 0.2) is 5.82 Å². The number of rotatable bonds is 3. The van der Waals surface area contributed by atoms with Crippen LogP contribution in [0.3, 0.4) is 0 Å². The van der Waals surface area contributed by atoms with Gasteiger partial charge in [-0.3, -0.25) is 0 Å². The van der Waals surface area contributed by atoms with Gasteiger partial charge in [0, 0.05) is 5.56 Å². The third-order valence-corrected chi connectivity index (χ3v) is 2.47. The highest BCUT2D eigenvalue weighted by Crippen LogP contribution is 2.26. The Morgan fingerprint density at radius 1 is 0.889 bits per heavy atom. The molecule has 1 heterocycles. The summed E-state index contributed by atoms with van der Waals surface area (Å²) in [4.78, 5) is 11.6. The van der Waals surface area contributed by atoms with Crippen LogP contribution in [0.5, 0.6) is 0 Å². The quantitative estimate of drug-likeness (QED) is 0.584. The van der Waals surface area contributed by atoms with Crippen molar-refractivity contribution >= 4 is 11.9 Å². The van der Waals surface area contributed by atoms with Crippen molar-refractivity contribution in [2.45, 2.75) is 13.2 Å². The molecule has 0 saturated carbocycles. The maximum atomic E-state index is 9.32. The molecule has 0 aliphatic heterocycles. The molecule has 2 rings (SSSR count). The Kier molecular flexibility index (Phi) is 3.35. The summed E-state index contributed by atoms with van der Waals surface area (Å²) >= 11 is 0. The van der Waals surface area contributed by atoms with E-state index < -0.39 is 0 Å². The summed E-state index contributed by atoms with van der Waals surface area (Å²) in [6.07, 6.45) is 0. The van der Waals surface area contributed by atoms with E-state index in [9.17, 15) is 10.2 Å². The molecule has 0 unspecified atom stereocenters. The molecule has 0 saturated heterocycles. The lowest BCUT2D eigenvalue weighted by atomic mass is 10.0. The molecule has 1 aromatic carbocycles. The number of hydrogen-bond acceptors (Lipinski definition) is 7. The molecule has 0 fully saturated rings. The lowest BCUT2D eigenvalue weighted by Crippen LogP contribution is -2.07. The van der Waals surface area contributed by atoms with E-state index in [1.807, 2.05) is 0 Å². The highest BCUT2D eigenvalue weighted by molar-refractivity contribution is 5.66. The molecule has 94 valence electrons. The van der Waals surface area contributed by atoms with Crippen molar-refractivity contribution in [3.63, 3.8) is 0 Å². The second-order valence-corrected chi connectivity index (χ2v) is 3.64. The lowest BCUT2D eigenvalue weighted by Gasteiger charge is -2.11. The molecular formula is C11H13N5O2. The number of hydrogen-bond donors (Lipinski definition) is 4. The van der Waals surface area contributed by atoms with Crippen molar-refractivity contribution < 1.29 is 10.2 Å². The normalized spacial score (nSPS) is 10.6. The SMILES string of the molecule is Nc1nc(N)nc(-c2c(CO)cccc2CO)n1. The topological polar surface area (TPSA) is 131 Å². The van der Waals surface area contributed by atoms with Gasteiger partial charge in [-0.15, -0.1) is 0 Å². The number of nitrogen functional groups attached to an aromatic ring is 2. The first-order chi connectivity index (χ1) is 8.65. The summed E-state index contributed by atoms with van der Waals surface area (Å²) in [6, 6.07) is 5.16. The number of nitrogens with zero attached hydrogens (tertiary/aromatic N) is 3. The Balaban J connectivity index is 2.68. The maximum absolute atomic E-state index is 9.32. The number of anilines is 2. The van der Waals surface area contributed by atoms with Gasteiger partial charge < -0.3 is 21.7 Å². The van der Waals surface area contributed by atoms with Gasteiger partial charge >= 0.3 is 0 Å². The molecule has 0 spiro atoms. The third kappa shape index (κ3) is 2.22. The summed E-state index contributed by atoms with van der Waals surface area (Å²) < 4.78 is 0. The van der Waals surface area contributed by atoms with Gasteiger partial charge in [0.25, 0.3) is 0 Å². The van der Waals surface area contributed by atoms with Crippen molar-refractivity contribution in [3.8, 4) is 11.4 Å². The summed E-state index contributed by atoms with van der Waals surface area (Å²) in [7, 11) is 0. The fourth-order valence-electron chi connectivity index (χ4n) is 1.73. The number of aliphatic hydroxyl groups is 2. The standard InChI is InChI=1S/C11H13N5O2/c12-10-14-9(15-11(13)16-10)8-6(4-17)2-1-3-7(8)5-18/h1-3,17-18H,4-5H2,(H4,12,13,14,15,16). The molecule has 0 amide bonds. The second kappa shape index (κ2) is 4.94. The molecule has 0 aliphatic carbocycles. The Morgan fingerprint density at radius 2 is 1.39 bits per heavy atom. The molecule has 7 heteroatoms. The van der Waals surface area contributed by atoms with E-state index in [-0.39, 0.29) is 30.9 Å². The summed E-state index contributed by atoms with van der Waals surface area (Å²) in [5, 5.41) is 18.6. The largest absolute Gasteiger partial charge is 0.392 e. The van der Waals surface area contributed by atoms with E-state index in [2.05, 4.69) is 15.0 Å². The molecule has 2 aromatic rings. The summed E-state index contributed by atoms with van der Waals surface area (Å²) in [6.45, 7) is -0.399. The average molecular weight is 247 g/mol. The molecule has 0 atom stereocenters. The minimum atomic E-state index is -0.200. The minimum Gasteiger partial charge on any atom is -0.392 e. The third-order valence-electron chi connectivity index (χ3n) is 2.47. The molecule has 6 N–H and O–H groups in total. The molecule has 0 radical (unpaired) electrons. The fourth-order valence-corrected chi connectivity index (χ4v) is 1.73. The van der Waals surface area contributed by atoms with E-state index in [1.165, 1.54) is 0 Å². The van der Waals surface area contributed by atoms with Crippen LogP contribution in [-0.4, -0.2) is 25.2 Å². The Labute approximate surface area is 103 Å². The van der Waals surface area contributed by atoms with Crippen LogP contribution in [0.25, 0.3) is 11.4 Å². The zero-order valence-corrected chi connectivity index (χ0v) is 9.54. The predicted molar refractivity (Wildman–Crippen MR) is 65.9 cm³/mol. The van der Waals surface area contributed by atoms with Gasteiger partial charge in [-0.25, -0.2) is 0 Å². The first kappa shape index (κ1) is 12.2. The van der Waals surface area contributed by atoms with Crippen LogP contribution in [0.4, 0.5) is 11.9 Å². The zero-order chi connectivity index (χ0) is 13.1. The number of aliphatic hydroxyl groups excluding tert-OH is 2. The van der Waals surface area contributed by atoms with Crippen molar-refractivity contribution in [2.24, 2.45) is 0 Å². The van der Waals surface area contributed by atoms with Crippen molar-refractivity contribution in [1.29, 1.82) is 0 Å². The number of aromatic nitrogens is 3. The average Bonchev–Trinajstić information content (AvgIpc) is 2.36. The van der Waals surface area contributed by atoms with E-state index >= 15 is 0 Å². The van der Waals surface area contributed by atoms with Crippen molar-refractivity contribution in [1.82, 2.24) is 15.0 Å². The van der Waals surface area contributed by atoms with Gasteiger partial charge in [0.05, 0.1) is 13.2 Å². The maximum Gasteiger partial charge on any atom is 0.225 e.